The molecule has 0 bridgehead atoms. The van der Waals surface area contributed by atoms with Gasteiger partial charge >= 0.3 is 6.03 Å². The Labute approximate surface area is 177 Å². The number of aromatic nitrogens is 1. The first-order valence-corrected chi connectivity index (χ1v) is 9.63. The molecule has 4 rings (SSSR count). The molecular weight excluding hydrogens is 402 g/mol. The second-order valence-electron chi connectivity index (χ2n) is 7.29. The minimum absolute atomic E-state index is 0.0487. The van der Waals surface area contributed by atoms with Gasteiger partial charge in [-0.05, 0) is 30.2 Å². The molecule has 6 amide bonds. The number of hydrogen-bond donors (Lipinski definition) is 2. The van der Waals surface area contributed by atoms with Crippen molar-refractivity contribution in [3.8, 4) is 0 Å². The van der Waals surface area contributed by atoms with Crippen molar-refractivity contribution in [2.45, 2.75) is 25.4 Å². The van der Waals surface area contributed by atoms with Crippen LogP contribution >= 0.6 is 0 Å². The topological polar surface area (TPSA) is 129 Å². The summed E-state index contributed by atoms with van der Waals surface area (Å²) in [6.45, 7) is 0.0596. The molecule has 2 N–H and O–H groups in total. The summed E-state index contributed by atoms with van der Waals surface area (Å²) in [5, 5.41) is 4.82. The van der Waals surface area contributed by atoms with Gasteiger partial charge in [0.15, 0.2) is 0 Å². The first kappa shape index (κ1) is 20.2. The number of amides is 6. The summed E-state index contributed by atoms with van der Waals surface area (Å²) in [5.74, 6) is -1.91. The molecular formula is C21H19N5O5. The Kier molecular flexibility index (Phi) is 5.20. The van der Waals surface area contributed by atoms with E-state index in [1.165, 1.54) is 11.0 Å². The number of anilines is 1. The maximum atomic E-state index is 13.1. The molecule has 0 saturated carbocycles. The third-order valence-electron chi connectivity index (χ3n) is 5.21. The summed E-state index contributed by atoms with van der Waals surface area (Å²) in [6, 6.07) is 8.42. The molecule has 3 heterocycles. The number of imide groups is 2. The van der Waals surface area contributed by atoms with Crippen molar-refractivity contribution in [2.24, 2.45) is 0 Å². The number of nitrogens with one attached hydrogen (secondary N) is 2. The number of nitrogens with zero attached hydrogens (tertiary/aromatic N) is 3. The number of fused-ring (bicyclic) bond motifs is 1. The van der Waals surface area contributed by atoms with Gasteiger partial charge in [0.25, 0.3) is 11.8 Å². The van der Waals surface area contributed by atoms with E-state index < -0.39 is 35.7 Å². The van der Waals surface area contributed by atoms with Crippen molar-refractivity contribution in [3.63, 3.8) is 0 Å². The van der Waals surface area contributed by atoms with Gasteiger partial charge in [-0.25, -0.2) is 9.78 Å². The molecule has 1 saturated heterocycles. The standard InChI is InChI=1S/C21H19N5O5/c1-25(21(31)23-15-7-2-3-10-22-15)11-12-5-4-6-13-17(12)20(30)26(19(13)29)14-8-9-16(27)24-18(14)28/h2-7,10,14H,8-9,11H2,1H3,(H,22,23,31)(H,24,27,28). The molecule has 2 aliphatic rings. The Hall–Kier alpha value is -4.08. The van der Waals surface area contributed by atoms with Crippen molar-refractivity contribution in [2.75, 3.05) is 12.4 Å². The van der Waals surface area contributed by atoms with Crippen LogP contribution in [-0.4, -0.2) is 57.5 Å². The van der Waals surface area contributed by atoms with E-state index in [0.29, 0.717) is 11.4 Å². The van der Waals surface area contributed by atoms with Gasteiger partial charge in [0.05, 0.1) is 11.1 Å². The fourth-order valence-electron chi connectivity index (χ4n) is 3.69. The Bertz CT molecular complexity index is 1100. The highest BCUT2D eigenvalue weighted by Crippen LogP contribution is 2.30. The first-order chi connectivity index (χ1) is 14.9. The minimum Gasteiger partial charge on any atom is -0.323 e. The normalized spacial score (nSPS) is 18.0. The van der Waals surface area contributed by atoms with Gasteiger partial charge in [0.1, 0.15) is 11.9 Å². The number of benzene rings is 1. The Morgan fingerprint density at radius 2 is 1.97 bits per heavy atom. The Balaban J connectivity index is 1.55. The van der Waals surface area contributed by atoms with Crippen LogP contribution in [0.15, 0.2) is 42.6 Å². The monoisotopic (exact) mass is 421 g/mol. The van der Waals surface area contributed by atoms with Crippen LogP contribution in [-0.2, 0) is 16.1 Å². The quantitative estimate of drug-likeness (QED) is 0.713. The van der Waals surface area contributed by atoms with Gasteiger partial charge < -0.3 is 4.90 Å². The second-order valence-corrected chi connectivity index (χ2v) is 7.29. The zero-order valence-corrected chi connectivity index (χ0v) is 16.6. The Morgan fingerprint density at radius 3 is 2.68 bits per heavy atom. The van der Waals surface area contributed by atoms with E-state index in [2.05, 4.69) is 15.6 Å². The van der Waals surface area contributed by atoms with Gasteiger partial charge in [-0.1, -0.05) is 18.2 Å². The van der Waals surface area contributed by atoms with Gasteiger partial charge in [-0.2, -0.15) is 0 Å². The lowest BCUT2D eigenvalue weighted by Gasteiger charge is -2.28. The number of pyridine rings is 1. The molecule has 0 spiro atoms. The van der Waals surface area contributed by atoms with E-state index >= 15 is 0 Å². The third kappa shape index (κ3) is 3.75. The summed E-state index contributed by atoms with van der Waals surface area (Å²) < 4.78 is 0. The fraction of sp³-hybridized carbons (Fsp3) is 0.238. The van der Waals surface area contributed by atoms with E-state index in [1.54, 1.807) is 43.6 Å². The van der Waals surface area contributed by atoms with Crippen LogP contribution in [0, 0.1) is 0 Å². The summed E-state index contributed by atoms with van der Waals surface area (Å²) in [7, 11) is 1.55. The van der Waals surface area contributed by atoms with Crippen LogP contribution in [0.25, 0.3) is 0 Å². The zero-order valence-electron chi connectivity index (χ0n) is 16.6. The summed E-state index contributed by atoms with van der Waals surface area (Å²) in [5.41, 5.74) is 0.810. The number of rotatable bonds is 4. The third-order valence-corrected chi connectivity index (χ3v) is 5.21. The lowest BCUT2D eigenvalue weighted by atomic mass is 10.0. The van der Waals surface area contributed by atoms with Crippen molar-refractivity contribution < 1.29 is 24.0 Å². The van der Waals surface area contributed by atoms with Crippen molar-refractivity contribution in [1.29, 1.82) is 0 Å². The molecule has 0 radical (unpaired) electrons. The maximum absolute atomic E-state index is 13.1. The summed E-state index contributed by atoms with van der Waals surface area (Å²) in [4.78, 5) is 68.4. The smallest absolute Gasteiger partial charge is 0.323 e. The summed E-state index contributed by atoms with van der Waals surface area (Å²) >= 11 is 0. The molecule has 2 aromatic rings. The van der Waals surface area contributed by atoms with E-state index in [1.807, 2.05) is 0 Å². The van der Waals surface area contributed by atoms with E-state index in [0.717, 1.165) is 4.90 Å². The van der Waals surface area contributed by atoms with Gasteiger partial charge in [-0.3, -0.25) is 34.7 Å². The van der Waals surface area contributed by atoms with Crippen LogP contribution in [0.2, 0.25) is 0 Å². The second kappa shape index (κ2) is 7.98. The van der Waals surface area contributed by atoms with Gasteiger partial charge in [0, 0.05) is 26.2 Å². The lowest BCUT2D eigenvalue weighted by Crippen LogP contribution is -2.54. The van der Waals surface area contributed by atoms with Crippen molar-refractivity contribution >= 4 is 35.5 Å². The highest BCUT2D eigenvalue weighted by atomic mass is 16.2. The van der Waals surface area contributed by atoms with E-state index in [4.69, 9.17) is 0 Å². The van der Waals surface area contributed by atoms with Crippen LogP contribution in [0.4, 0.5) is 10.6 Å². The number of carbonyl (C=O) groups excluding carboxylic acids is 5. The first-order valence-electron chi connectivity index (χ1n) is 9.63. The molecule has 10 nitrogen and oxygen atoms in total. The molecule has 1 atom stereocenters. The highest BCUT2D eigenvalue weighted by Gasteiger charge is 2.45. The molecule has 1 aromatic heterocycles. The number of carbonyl (C=O) groups is 5. The molecule has 2 aliphatic heterocycles. The molecule has 31 heavy (non-hydrogen) atoms. The fourth-order valence-corrected chi connectivity index (χ4v) is 3.69. The van der Waals surface area contributed by atoms with Crippen LogP contribution in [0.5, 0.6) is 0 Å². The van der Waals surface area contributed by atoms with Gasteiger partial charge in [-0.15, -0.1) is 0 Å². The lowest BCUT2D eigenvalue weighted by molar-refractivity contribution is -0.136. The van der Waals surface area contributed by atoms with Crippen LogP contribution in [0.1, 0.15) is 39.1 Å². The Morgan fingerprint density at radius 1 is 1.16 bits per heavy atom. The predicted molar refractivity (Wildman–Crippen MR) is 108 cm³/mol. The SMILES string of the molecule is CN(Cc1cccc2c1C(=O)N(C1CCC(=O)NC1=O)C2=O)C(=O)Nc1ccccn1. The van der Waals surface area contributed by atoms with Crippen molar-refractivity contribution in [1.82, 2.24) is 20.1 Å². The van der Waals surface area contributed by atoms with Gasteiger partial charge in [0.2, 0.25) is 11.8 Å². The molecule has 1 fully saturated rings. The average molecular weight is 421 g/mol. The number of hydrogen-bond acceptors (Lipinski definition) is 6. The number of piperidine rings is 1. The highest BCUT2D eigenvalue weighted by molar-refractivity contribution is 6.24. The van der Waals surface area contributed by atoms with Crippen LogP contribution < -0.4 is 10.6 Å². The molecule has 158 valence electrons. The maximum Gasteiger partial charge on any atom is 0.323 e. The predicted octanol–water partition coefficient (Wildman–Crippen LogP) is 1.15. The summed E-state index contributed by atoms with van der Waals surface area (Å²) in [6.07, 6.45) is 1.68. The van der Waals surface area contributed by atoms with E-state index in [9.17, 15) is 24.0 Å². The molecule has 1 unspecified atom stereocenters. The molecule has 10 heteroatoms. The minimum atomic E-state index is -1.04. The zero-order chi connectivity index (χ0) is 22.1. The van der Waals surface area contributed by atoms with E-state index in [-0.39, 0.29) is 30.5 Å². The van der Waals surface area contributed by atoms with Crippen LogP contribution in [0.3, 0.4) is 0 Å². The van der Waals surface area contributed by atoms with Crippen molar-refractivity contribution in [3.05, 3.63) is 59.3 Å². The largest absolute Gasteiger partial charge is 0.323 e. The molecule has 1 aromatic carbocycles. The average Bonchev–Trinajstić information content (AvgIpc) is 3.00. The number of urea groups is 1. The molecule has 0 aliphatic carbocycles.